The quantitative estimate of drug-likeness (QED) is 0.849. The third-order valence-corrected chi connectivity index (χ3v) is 3.53. The lowest BCUT2D eigenvalue weighted by Crippen LogP contribution is -2.30. The van der Waals surface area contributed by atoms with Crippen LogP contribution in [0.1, 0.15) is 31.9 Å². The Hall–Kier alpha value is -0.740. The summed E-state index contributed by atoms with van der Waals surface area (Å²) in [7, 11) is -0.749. The summed E-state index contributed by atoms with van der Waals surface area (Å²) < 4.78 is 24.0. The fourth-order valence-corrected chi connectivity index (χ4v) is 2.41. The minimum atomic E-state index is -0.749. The highest BCUT2D eigenvalue weighted by atomic mass is 32.2. The third kappa shape index (κ3) is 5.41. The molecule has 0 fully saturated rings. The zero-order valence-electron chi connectivity index (χ0n) is 10.6. The molecule has 17 heavy (non-hydrogen) atoms. The molecule has 1 aromatic carbocycles. The van der Waals surface area contributed by atoms with Crippen molar-refractivity contribution < 1.29 is 8.60 Å². The molecule has 0 aliphatic carbocycles. The molecule has 3 unspecified atom stereocenters. The summed E-state index contributed by atoms with van der Waals surface area (Å²) >= 11 is 0. The zero-order chi connectivity index (χ0) is 12.8. The Morgan fingerprint density at radius 2 is 2.12 bits per heavy atom. The summed E-state index contributed by atoms with van der Waals surface area (Å²) in [6, 6.07) is 6.99. The largest absolute Gasteiger partial charge is 0.308 e. The van der Waals surface area contributed by atoms with E-state index in [1.165, 1.54) is 6.07 Å². The number of benzene rings is 1. The molecule has 1 aromatic rings. The molecule has 0 saturated carbocycles. The van der Waals surface area contributed by atoms with Crippen molar-refractivity contribution in [3.8, 4) is 0 Å². The monoisotopic (exact) mass is 257 g/mol. The molecule has 0 bridgehead atoms. The van der Waals surface area contributed by atoms with Crippen molar-refractivity contribution in [3.05, 3.63) is 35.6 Å². The molecule has 0 amide bonds. The SMILES string of the molecule is CC(CCS(C)=O)NC(C)c1cccc(F)c1. The standard InChI is InChI=1S/C13H20FNOS/c1-10(7-8-17(3)16)15-11(2)12-5-4-6-13(14)9-12/h4-6,9-11,15H,7-8H2,1-3H3. The van der Waals surface area contributed by atoms with Crippen LogP contribution in [0.5, 0.6) is 0 Å². The molecular formula is C13H20FNOS. The molecule has 3 atom stereocenters. The Labute approximate surface area is 105 Å². The summed E-state index contributed by atoms with van der Waals surface area (Å²) in [5, 5.41) is 3.38. The highest BCUT2D eigenvalue weighted by Gasteiger charge is 2.10. The van der Waals surface area contributed by atoms with E-state index in [1.807, 2.05) is 13.0 Å². The van der Waals surface area contributed by atoms with Crippen LogP contribution in [0.25, 0.3) is 0 Å². The van der Waals surface area contributed by atoms with Crippen LogP contribution < -0.4 is 5.32 Å². The maximum absolute atomic E-state index is 13.1. The van der Waals surface area contributed by atoms with Gasteiger partial charge in [0.05, 0.1) is 0 Å². The molecule has 0 spiro atoms. The van der Waals surface area contributed by atoms with Gasteiger partial charge in [-0.25, -0.2) is 4.39 Å². The van der Waals surface area contributed by atoms with E-state index in [4.69, 9.17) is 0 Å². The second-order valence-electron chi connectivity index (χ2n) is 4.41. The van der Waals surface area contributed by atoms with Gasteiger partial charge in [-0.05, 0) is 38.0 Å². The van der Waals surface area contributed by atoms with Crippen LogP contribution in [0.3, 0.4) is 0 Å². The van der Waals surface area contributed by atoms with Crippen LogP contribution in [-0.2, 0) is 10.8 Å². The average Bonchev–Trinajstić information content (AvgIpc) is 2.26. The molecule has 0 heterocycles. The maximum atomic E-state index is 13.1. The fraction of sp³-hybridized carbons (Fsp3) is 0.538. The topological polar surface area (TPSA) is 29.1 Å². The van der Waals surface area contributed by atoms with E-state index in [1.54, 1.807) is 18.4 Å². The second kappa shape index (κ2) is 6.87. The summed E-state index contributed by atoms with van der Waals surface area (Å²) in [4.78, 5) is 0. The molecule has 0 aliphatic heterocycles. The van der Waals surface area contributed by atoms with Crippen LogP contribution in [0.15, 0.2) is 24.3 Å². The normalized spacial score (nSPS) is 16.5. The van der Waals surface area contributed by atoms with E-state index < -0.39 is 10.8 Å². The predicted octanol–water partition coefficient (Wildman–Crippen LogP) is 2.63. The van der Waals surface area contributed by atoms with Crippen molar-refractivity contribution in [2.24, 2.45) is 0 Å². The van der Waals surface area contributed by atoms with Gasteiger partial charge in [0, 0.05) is 34.9 Å². The maximum Gasteiger partial charge on any atom is 0.123 e. The fourth-order valence-electron chi connectivity index (χ4n) is 1.73. The first-order valence-corrected chi connectivity index (χ1v) is 7.53. The van der Waals surface area contributed by atoms with Crippen molar-refractivity contribution >= 4 is 10.8 Å². The Morgan fingerprint density at radius 3 is 2.71 bits per heavy atom. The number of hydrogen-bond donors (Lipinski definition) is 1. The van der Waals surface area contributed by atoms with E-state index in [0.717, 1.165) is 12.0 Å². The van der Waals surface area contributed by atoms with Crippen LogP contribution in [-0.4, -0.2) is 22.3 Å². The minimum Gasteiger partial charge on any atom is -0.308 e. The van der Waals surface area contributed by atoms with E-state index >= 15 is 0 Å². The smallest absolute Gasteiger partial charge is 0.123 e. The Balaban J connectivity index is 2.48. The van der Waals surface area contributed by atoms with E-state index in [-0.39, 0.29) is 17.9 Å². The van der Waals surface area contributed by atoms with Gasteiger partial charge in [0.25, 0.3) is 0 Å². The van der Waals surface area contributed by atoms with Crippen molar-refractivity contribution in [2.45, 2.75) is 32.4 Å². The summed E-state index contributed by atoms with van der Waals surface area (Å²) in [5.41, 5.74) is 0.939. The van der Waals surface area contributed by atoms with Crippen LogP contribution >= 0.6 is 0 Å². The first kappa shape index (κ1) is 14.3. The van der Waals surface area contributed by atoms with Crippen LogP contribution in [0, 0.1) is 5.82 Å². The van der Waals surface area contributed by atoms with Gasteiger partial charge in [0.2, 0.25) is 0 Å². The molecule has 0 saturated heterocycles. The Morgan fingerprint density at radius 1 is 1.41 bits per heavy atom. The molecule has 4 heteroatoms. The number of nitrogens with one attached hydrogen (secondary N) is 1. The van der Waals surface area contributed by atoms with Gasteiger partial charge in [-0.15, -0.1) is 0 Å². The van der Waals surface area contributed by atoms with Crippen molar-refractivity contribution in [1.82, 2.24) is 5.32 Å². The lowest BCUT2D eigenvalue weighted by Gasteiger charge is -2.20. The van der Waals surface area contributed by atoms with Gasteiger partial charge in [-0.3, -0.25) is 4.21 Å². The van der Waals surface area contributed by atoms with E-state index in [9.17, 15) is 8.60 Å². The van der Waals surface area contributed by atoms with Gasteiger partial charge < -0.3 is 5.32 Å². The molecule has 1 N–H and O–H groups in total. The van der Waals surface area contributed by atoms with Crippen molar-refractivity contribution in [1.29, 1.82) is 0 Å². The average molecular weight is 257 g/mol. The van der Waals surface area contributed by atoms with E-state index in [2.05, 4.69) is 12.2 Å². The van der Waals surface area contributed by atoms with Crippen LogP contribution in [0.2, 0.25) is 0 Å². The first-order chi connectivity index (χ1) is 7.99. The summed E-state index contributed by atoms with van der Waals surface area (Å²) in [6.45, 7) is 4.07. The lowest BCUT2D eigenvalue weighted by atomic mass is 10.1. The Bertz CT molecular complexity index is 383. The molecule has 2 nitrogen and oxygen atoms in total. The summed E-state index contributed by atoms with van der Waals surface area (Å²) in [5.74, 6) is 0.489. The minimum absolute atomic E-state index is 0.103. The van der Waals surface area contributed by atoms with E-state index in [0.29, 0.717) is 5.75 Å². The number of rotatable bonds is 6. The molecule has 96 valence electrons. The third-order valence-electron chi connectivity index (χ3n) is 2.72. The van der Waals surface area contributed by atoms with Crippen molar-refractivity contribution in [3.63, 3.8) is 0 Å². The molecule has 0 aliphatic rings. The summed E-state index contributed by atoms with van der Waals surface area (Å²) in [6.07, 6.45) is 2.57. The Kier molecular flexibility index (Phi) is 5.78. The first-order valence-electron chi connectivity index (χ1n) is 5.80. The predicted molar refractivity (Wildman–Crippen MR) is 71.0 cm³/mol. The lowest BCUT2D eigenvalue weighted by molar-refractivity contribution is 0.468. The van der Waals surface area contributed by atoms with Gasteiger partial charge in [-0.2, -0.15) is 0 Å². The van der Waals surface area contributed by atoms with Gasteiger partial charge in [0.1, 0.15) is 5.82 Å². The molecule has 0 aromatic heterocycles. The number of hydrogen-bond acceptors (Lipinski definition) is 2. The van der Waals surface area contributed by atoms with Crippen LogP contribution in [0.4, 0.5) is 4.39 Å². The number of halogens is 1. The van der Waals surface area contributed by atoms with Gasteiger partial charge in [0.15, 0.2) is 0 Å². The van der Waals surface area contributed by atoms with Gasteiger partial charge >= 0.3 is 0 Å². The van der Waals surface area contributed by atoms with Crippen molar-refractivity contribution in [2.75, 3.05) is 12.0 Å². The zero-order valence-corrected chi connectivity index (χ0v) is 11.4. The molecule has 0 radical (unpaired) electrons. The highest BCUT2D eigenvalue weighted by Crippen LogP contribution is 2.14. The molecule has 1 rings (SSSR count). The highest BCUT2D eigenvalue weighted by molar-refractivity contribution is 7.84. The second-order valence-corrected chi connectivity index (χ2v) is 5.97. The molecular weight excluding hydrogens is 237 g/mol. The van der Waals surface area contributed by atoms with Gasteiger partial charge in [-0.1, -0.05) is 12.1 Å².